The van der Waals surface area contributed by atoms with E-state index in [9.17, 15) is 9.59 Å². The molecule has 0 aliphatic carbocycles. The Morgan fingerprint density at radius 1 is 1.32 bits per heavy atom. The lowest BCUT2D eigenvalue weighted by molar-refractivity contribution is -0.142. The molecule has 1 aromatic carbocycles. The quantitative estimate of drug-likeness (QED) is 0.652. The minimum Gasteiger partial charge on any atom is -0.488 e. The molecule has 0 aromatic heterocycles. The molecule has 19 heavy (non-hydrogen) atoms. The number of benzene rings is 1. The third-order valence-electron chi connectivity index (χ3n) is 3.14. The summed E-state index contributed by atoms with van der Waals surface area (Å²) in [4.78, 5) is 22.9. The Morgan fingerprint density at radius 2 is 2.05 bits per heavy atom. The maximum absolute atomic E-state index is 11.5. The molecule has 1 fully saturated rings. The van der Waals surface area contributed by atoms with Crippen molar-refractivity contribution in [3.05, 3.63) is 29.8 Å². The van der Waals surface area contributed by atoms with Crippen LogP contribution in [0.15, 0.2) is 24.3 Å². The first kappa shape index (κ1) is 13.5. The number of nitrogens with one attached hydrogen (secondary N) is 1. The summed E-state index contributed by atoms with van der Waals surface area (Å²) in [5.41, 5.74) is 0.559. The summed E-state index contributed by atoms with van der Waals surface area (Å²) in [5, 5.41) is 3.04. The molecule has 5 nitrogen and oxygen atoms in total. The van der Waals surface area contributed by atoms with Gasteiger partial charge in [-0.25, -0.2) is 0 Å². The Kier molecular flexibility index (Phi) is 4.16. The molecule has 0 radical (unpaired) electrons. The number of hydrogen-bond acceptors (Lipinski definition) is 5. The minimum absolute atomic E-state index is 0.0360. The fourth-order valence-electron chi connectivity index (χ4n) is 2.15. The Balaban J connectivity index is 2.03. The topological polar surface area (TPSA) is 64.6 Å². The SMILES string of the molecule is COC(=O)[C@@H]1C[C@H](Oc2ccccc2C(C)=O)CN1. The smallest absolute Gasteiger partial charge is 0.323 e. The van der Waals surface area contributed by atoms with Gasteiger partial charge in [0, 0.05) is 13.0 Å². The molecule has 0 bridgehead atoms. The minimum atomic E-state index is -0.334. The molecule has 102 valence electrons. The second-order valence-corrected chi connectivity index (χ2v) is 4.51. The van der Waals surface area contributed by atoms with Crippen molar-refractivity contribution in [1.29, 1.82) is 0 Å². The number of carbonyl (C=O) groups excluding carboxylic acids is 2. The van der Waals surface area contributed by atoms with Crippen molar-refractivity contribution in [2.75, 3.05) is 13.7 Å². The molecule has 1 heterocycles. The van der Waals surface area contributed by atoms with Gasteiger partial charge in [0.2, 0.25) is 0 Å². The van der Waals surface area contributed by atoms with E-state index < -0.39 is 0 Å². The van der Waals surface area contributed by atoms with E-state index in [-0.39, 0.29) is 23.9 Å². The lowest BCUT2D eigenvalue weighted by Gasteiger charge is -2.15. The number of carbonyl (C=O) groups is 2. The van der Waals surface area contributed by atoms with Crippen LogP contribution in [0.1, 0.15) is 23.7 Å². The van der Waals surface area contributed by atoms with E-state index in [0.29, 0.717) is 24.3 Å². The number of ketones is 1. The number of para-hydroxylation sites is 1. The van der Waals surface area contributed by atoms with Gasteiger partial charge in [0.15, 0.2) is 5.78 Å². The lowest BCUT2D eigenvalue weighted by Crippen LogP contribution is -2.31. The maximum Gasteiger partial charge on any atom is 0.323 e. The largest absolute Gasteiger partial charge is 0.488 e. The Morgan fingerprint density at radius 3 is 2.74 bits per heavy atom. The third kappa shape index (κ3) is 3.12. The molecule has 0 saturated carbocycles. The van der Waals surface area contributed by atoms with Crippen molar-refractivity contribution in [2.45, 2.75) is 25.5 Å². The highest BCUT2D eigenvalue weighted by molar-refractivity contribution is 5.96. The average Bonchev–Trinajstić information content (AvgIpc) is 2.86. The zero-order chi connectivity index (χ0) is 13.8. The van der Waals surface area contributed by atoms with Gasteiger partial charge in [-0.1, -0.05) is 12.1 Å². The average molecular weight is 263 g/mol. The van der Waals surface area contributed by atoms with Crippen LogP contribution in [0.25, 0.3) is 0 Å². The van der Waals surface area contributed by atoms with Crippen LogP contribution in [0.3, 0.4) is 0 Å². The normalized spacial score (nSPS) is 22.0. The van der Waals surface area contributed by atoms with Crippen LogP contribution in [0.4, 0.5) is 0 Å². The first-order valence-electron chi connectivity index (χ1n) is 6.19. The van der Waals surface area contributed by atoms with Crippen LogP contribution in [0.2, 0.25) is 0 Å². The number of Topliss-reactive ketones (excluding diaryl/α,β-unsaturated/α-hetero) is 1. The number of ether oxygens (including phenoxy) is 2. The fraction of sp³-hybridized carbons (Fsp3) is 0.429. The number of esters is 1. The van der Waals surface area contributed by atoms with E-state index in [0.717, 1.165) is 0 Å². The van der Waals surface area contributed by atoms with Crippen LogP contribution in [-0.2, 0) is 9.53 Å². The van der Waals surface area contributed by atoms with Crippen molar-refractivity contribution in [1.82, 2.24) is 5.32 Å². The zero-order valence-corrected chi connectivity index (χ0v) is 11.0. The third-order valence-corrected chi connectivity index (χ3v) is 3.14. The molecule has 2 rings (SSSR count). The molecule has 1 saturated heterocycles. The second kappa shape index (κ2) is 5.84. The summed E-state index contributed by atoms with van der Waals surface area (Å²) in [7, 11) is 1.36. The van der Waals surface area contributed by atoms with Crippen LogP contribution in [-0.4, -0.2) is 37.6 Å². The Hall–Kier alpha value is -1.88. The van der Waals surface area contributed by atoms with E-state index in [1.165, 1.54) is 14.0 Å². The van der Waals surface area contributed by atoms with E-state index in [1.54, 1.807) is 18.2 Å². The summed E-state index contributed by atoms with van der Waals surface area (Å²) in [6, 6.07) is 6.79. The van der Waals surface area contributed by atoms with Crippen LogP contribution in [0, 0.1) is 0 Å². The number of methoxy groups -OCH3 is 1. The Bertz CT molecular complexity index is 486. The molecule has 0 amide bonds. The van der Waals surface area contributed by atoms with Gasteiger partial charge in [-0.3, -0.25) is 9.59 Å². The molecule has 5 heteroatoms. The molecular weight excluding hydrogens is 246 g/mol. The molecule has 1 aromatic rings. The summed E-state index contributed by atoms with van der Waals surface area (Å²) in [6.45, 7) is 2.07. The predicted molar refractivity (Wildman–Crippen MR) is 69.3 cm³/mol. The van der Waals surface area contributed by atoms with Gasteiger partial charge in [-0.15, -0.1) is 0 Å². The highest BCUT2D eigenvalue weighted by atomic mass is 16.5. The highest BCUT2D eigenvalue weighted by Gasteiger charge is 2.31. The van der Waals surface area contributed by atoms with Crippen molar-refractivity contribution in [2.24, 2.45) is 0 Å². The van der Waals surface area contributed by atoms with Gasteiger partial charge >= 0.3 is 5.97 Å². The van der Waals surface area contributed by atoms with E-state index in [1.807, 2.05) is 6.07 Å². The van der Waals surface area contributed by atoms with Crippen molar-refractivity contribution in [3.8, 4) is 5.75 Å². The lowest BCUT2D eigenvalue weighted by atomic mass is 10.1. The molecule has 1 aliphatic rings. The number of rotatable bonds is 4. The van der Waals surface area contributed by atoms with Crippen molar-refractivity contribution in [3.63, 3.8) is 0 Å². The molecule has 0 spiro atoms. The summed E-state index contributed by atoms with van der Waals surface area (Å²) >= 11 is 0. The first-order chi connectivity index (χ1) is 9.11. The van der Waals surface area contributed by atoms with E-state index in [4.69, 9.17) is 4.74 Å². The molecule has 0 unspecified atom stereocenters. The van der Waals surface area contributed by atoms with Gasteiger partial charge in [-0.2, -0.15) is 0 Å². The van der Waals surface area contributed by atoms with E-state index >= 15 is 0 Å². The van der Waals surface area contributed by atoms with Crippen LogP contribution >= 0.6 is 0 Å². The van der Waals surface area contributed by atoms with Crippen LogP contribution < -0.4 is 10.1 Å². The predicted octanol–water partition coefficient (Wildman–Crippen LogP) is 1.17. The van der Waals surface area contributed by atoms with Gasteiger partial charge in [-0.05, 0) is 19.1 Å². The second-order valence-electron chi connectivity index (χ2n) is 4.51. The van der Waals surface area contributed by atoms with Gasteiger partial charge in [0.05, 0.1) is 12.7 Å². The summed E-state index contributed by atoms with van der Waals surface area (Å²) < 4.78 is 10.5. The fourth-order valence-corrected chi connectivity index (χ4v) is 2.15. The number of hydrogen-bond donors (Lipinski definition) is 1. The van der Waals surface area contributed by atoms with E-state index in [2.05, 4.69) is 10.1 Å². The standard InChI is InChI=1S/C14H17NO4/c1-9(16)11-5-3-4-6-13(11)19-10-7-12(15-8-10)14(17)18-2/h3-6,10,12,15H,7-8H2,1-2H3/t10-,12-/m0/s1. The maximum atomic E-state index is 11.5. The first-order valence-corrected chi connectivity index (χ1v) is 6.19. The van der Waals surface area contributed by atoms with Gasteiger partial charge in [0.25, 0.3) is 0 Å². The zero-order valence-electron chi connectivity index (χ0n) is 11.0. The van der Waals surface area contributed by atoms with Gasteiger partial charge in [0.1, 0.15) is 17.9 Å². The monoisotopic (exact) mass is 263 g/mol. The summed E-state index contributed by atoms with van der Waals surface area (Å²) in [5.74, 6) is 0.240. The molecular formula is C14H17NO4. The summed E-state index contributed by atoms with van der Waals surface area (Å²) in [6.07, 6.45) is 0.406. The van der Waals surface area contributed by atoms with Crippen molar-refractivity contribution < 1.29 is 19.1 Å². The van der Waals surface area contributed by atoms with Crippen LogP contribution in [0.5, 0.6) is 5.75 Å². The van der Waals surface area contributed by atoms with Gasteiger partial charge < -0.3 is 14.8 Å². The molecule has 2 atom stereocenters. The highest BCUT2D eigenvalue weighted by Crippen LogP contribution is 2.22. The molecule has 1 aliphatic heterocycles. The Labute approximate surface area is 111 Å². The van der Waals surface area contributed by atoms with Crippen molar-refractivity contribution >= 4 is 11.8 Å². The molecule has 1 N–H and O–H groups in total.